The lowest BCUT2D eigenvalue weighted by Gasteiger charge is -2.19. The van der Waals surface area contributed by atoms with Crippen LogP contribution in [0.5, 0.6) is 0 Å². The van der Waals surface area contributed by atoms with Crippen LogP contribution in [0, 0.1) is 25.2 Å². The highest BCUT2D eigenvalue weighted by Crippen LogP contribution is 2.55. The second kappa shape index (κ2) is 13.0. The number of rotatable bonds is 5. The van der Waals surface area contributed by atoms with Crippen molar-refractivity contribution < 1.29 is 0 Å². The summed E-state index contributed by atoms with van der Waals surface area (Å²) in [5.41, 5.74) is 14.3. The molecule has 0 aliphatic rings. The van der Waals surface area contributed by atoms with Gasteiger partial charge in [0.1, 0.15) is 0 Å². The molecule has 12 aromatic rings. The number of benzene rings is 10. The minimum absolute atomic E-state index is 0.755. The molecule has 0 spiro atoms. The van der Waals surface area contributed by atoms with Crippen molar-refractivity contribution >= 4 is 75.4 Å². The third kappa shape index (κ3) is 4.74. The molecular weight excluding hydrogens is 723 g/mol. The molecule has 0 atom stereocenters. The molecule has 0 aliphatic heterocycles. The van der Waals surface area contributed by atoms with E-state index in [-0.39, 0.29) is 0 Å². The van der Waals surface area contributed by atoms with Crippen molar-refractivity contribution in [3.05, 3.63) is 192 Å². The van der Waals surface area contributed by atoms with Crippen LogP contribution in [-0.4, -0.2) is 0 Å². The van der Waals surface area contributed by atoms with Crippen molar-refractivity contribution in [2.24, 2.45) is 0 Å². The molecule has 1 heteroatoms. The predicted molar refractivity (Wildman–Crippen MR) is 257 cm³/mol. The van der Waals surface area contributed by atoms with E-state index in [2.05, 4.69) is 191 Å². The van der Waals surface area contributed by atoms with E-state index in [1.165, 1.54) is 125 Å². The van der Waals surface area contributed by atoms with E-state index >= 15 is 0 Å². The standard InChI is InChI=1S/C59H39N/c1-4-36-31-39(25-26-40(36)33-60)41-29-34(2)52(35(3)30-41)46-27-28-49-55-45(46)22-14-24-48(55)59-54(38-17-9-6-10-18-38)57-47-23-13-21-44-42-19-11-12-20-43(42)50(56(44)47)32-51(57)53(58(49)59)37-15-7-5-8-16-37/h5-32H,4H2,1-3H3. The van der Waals surface area contributed by atoms with Gasteiger partial charge in [-0.2, -0.15) is 5.26 Å². The molecular formula is C59H39N. The summed E-state index contributed by atoms with van der Waals surface area (Å²) >= 11 is 0. The Bertz CT molecular complexity index is 3730. The average Bonchev–Trinajstić information content (AvgIpc) is 3.80. The second-order valence-corrected chi connectivity index (χ2v) is 16.6. The van der Waals surface area contributed by atoms with Crippen LogP contribution >= 0.6 is 0 Å². The summed E-state index contributed by atoms with van der Waals surface area (Å²) in [5, 5.41) is 28.0. The summed E-state index contributed by atoms with van der Waals surface area (Å²) < 4.78 is 0. The van der Waals surface area contributed by atoms with E-state index in [9.17, 15) is 5.26 Å². The zero-order chi connectivity index (χ0) is 40.2. The van der Waals surface area contributed by atoms with Crippen LogP contribution in [-0.2, 0) is 6.42 Å². The zero-order valence-electron chi connectivity index (χ0n) is 33.8. The van der Waals surface area contributed by atoms with Gasteiger partial charge in [-0.05, 0) is 175 Å². The van der Waals surface area contributed by atoms with Crippen LogP contribution in [0.15, 0.2) is 170 Å². The summed E-state index contributed by atoms with van der Waals surface area (Å²) in [5.74, 6) is 0. The maximum Gasteiger partial charge on any atom is 0.0994 e. The van der Waals surface area contributed by atoms with E-state index in [4.69, 9.17) is 0 Å². The maximum absolute atomic E-state index is 9.69. The van der Waals surface area contributed by atoms with Gasteiger partial charge in [-0.1, -0.05) is 159 Å². The summed E-state index contributed by atoms with van der Waals surface area (Å²) in [4.78, 5) is 0. The van der Waals surface area contributed by atoms with Crippen LogP contribution in [0.1, 0.15) is 29.2 Å². The minimum atomic E-state index is 0.755. The molecule has 0 N–H and O–H groups in total. The van der Waals surface area contributed by atoms with E-state index in [0.717, 1.165) is 23.1 Å². The number of aryl methyl sites for hydroxylation is 3. The molecule has 1 nitrogen and oxygen atoms in total. The lowest BCUT2D eigenvalue weighted by atomic mass is 9.84. The van der Waals surface area contributed by atoms with Crippen LogP contribution in [0.3, 0.4) is 0 Å². The predicted octanol–water partition coefficient (Wildman–Crippen LogP) is 16.4. The Balaban J connectivity index is 1.23. The lowest BCUT2D eigenvalue weighted by molar-refractivity contribution is 1.13. The molecule has 0 amide bonds. The Labute approximate surface area is 349 Å². The Morgan fingerprint density at radius 1 is 0.367 bits per heavy atom. The van der Waals surface area contributed by atoms with Crippen LogP contribution in [0.2, 0.25) is 0 Å². The van der Waals surface area contributed by atoms with Gasteiger partial charge in [0.05, 0.1) is 11.6 Å². The summed E-state index contributed by atoms with van der Waals surface area (Å²) in [7, 11) is 0. The summed E-state index contributed by atoms with van der Waals surface area (Å²) in [6.45, 7) is 6.62. The highest BCUT2D eigenvalue weighted by atomic mass is 14.3. The fraction of sp³-hybridized carbons (Fsp3) is 0.0678. The molecule has 0 unspecified atom stereocenters. The molecule has 0 radical (unpaired) electrons. The van der Waals surface area contributed by atoms with Crippen molar-refractivity contribution in [1.82, 2.24) is 0 Å². The average molecular weight is 762 g/mol. The third-order valence-electron chi connectivity index (χ3n) is 13.4. The van der Waals surface area contributed by atoms with Gasteiger partial charge in [0.2, 0.25) is 0 Å². The third-order valence-corrected chi connectivity index (χ3v) is 13.4. The lowest BCUT2D eigenvalue weighted by Crippen LogP contribution is -1.93. The molecule has 12 rings (SSSR count). The first-order valence-electron chi connectivity index (χ1n) is 21.1. The molecule has 0 saturated carbocycles. The smallest absolute Gasteiger partial charge is 0.0994 e. The number of hydrogen-bond acceptors (Lipinski definition) is 1. The van der Waals surface area contributed by atoms with E-state index in [1.807, 2.05) is 6.07 Å². The van der Waals surface area contributed by atoms with E-state index in [1.54, 1.807) is 0 Å². The topological polar surface area (TPSA) is 23.8 Å². The first-order chi connectivity index (χ1) is 29.5. The quantitative estimate of drug-likeness (QED) is 0.160. The van der Waals surface area contributed by atoms with E-state index in [0.29, 0.717) is 0 Å². The highest BCUT2D eigenvalue weighted by Gasteiger charge is 2.27. The van der Waals surface area contributed by atoms with Gasteiger partial charge >= 0.3 is 0 Å². The van der Waals surface area contributed by atoms with Gasteiger partial charge in [-0.25, -0.2) is 0 Å². The van der Waals surface area contributed by atoms with E-state index < -0.39 is 0 Å². The van der Waals surface area contributed by atoms with Crippen LogP contribution in [0.4, 0.5) is 0 Å². The van der Waals surface area contributed by atoms with Crippen LogP contribution < -0.4 is 0 Å². The summed E-state index contributed by atoms with van der Waals surface area (Å²) in [6.07, 6.45) is 0.829. The Morgan fingerprint density at radius 3 is 1.60 bits per heavy atom. The van der Waals surface area contributed by atoms with Gasteiger partial charge < -0.3 is 0 Å². The van der Waals surface area contributed by atoms with Crippen molar-refractivity contribution in [2.45, 2.75) is 27.2 Å². The number of nitrogens with zero attached hydrogens (tertiary/aromatic N) is 1. The molecule has 0 heterocycles. The summed E-state index contributed by atoms with van der Waals surface area (Å²) in [6, 6.07) is 65.6. The molecule has 12 aromatic carbocycles. The normalized spacial score (nSPS) is 12.0. The molecule has 0 bridgehead atoms. The monoisotopic (exact) mass is 761 g/mol. The van der Waals surface area contributed by atoms with Crippen LogP contribution in [0.25, 0.3) is 120 Å². The van der Waals surface area contributed by atoms with Crippen molar-refractivity contribution in [2.75, 3.05) is 0 Å². The minimum Gasteiger partial charge on any atom is -0.192 e. The fourth-order valence-electron chi connectivity index (χ4n) is 11.0. The van der Waals surface area contributed by atoms with Crippen molar-refractivity contribution in [3.8, 4) is 50.6 Å². The largest absolute Gasteiger partial charge is 0.192 e. The second-order valence-electron chi connectivity index (χ2n) is 16.6. The van der Waals surface area contributed by atoms with Crippen molar-refractivity contribution in [1.29, 1.82) is 5.26 Å². The van der Waals surface area contributed by atoms with Crippen molar-refractivity contribution in [3.63, 3.8) is 0 Å². The van der Waals surface area contributed by atoms with Gasteiger partial charge in [0.25, 0.3) is 0 Å². The number of nitriles is 1. The number of hydrogen-bond donors (Lipinski definition) is 0. The van der Waals surface area contributed by atoms with Gasteiger partial charge in [0.15, 0.2) is 0 Å². The Morgan fingerprint density at radius 2 is 0.917 bits per heavy atom. The Kier molecular flexibility index (Phi) is 7.47. The molecule has 0 saturated heterocycles. The maximum atomic E-state index is 9.69. The fourth-order valence-corrected chi connectivity index (χ4v) is 11.0. The first kappa shape index (κ1) is 34.5. The highest BCUT2D eigenvalue weighted by molar-refractivity contribution is 6.45. The zero-order valence-corrected chi connectivity index (χ0v) is 33.8. The van der Waals surface area contributed by atoms with Gasteiger partial charge in [0, 0.05) is 0 Å². The Hall–Kier alpha value is -7.53. The SMILES string of the molecule is CCc1cc(-c2cc(C)c(-c3ccc4c5c(-c6ccccc6)c6cc7c8ccccc8c8cccc(c6c(-c6ccccc6)c5c5cccc3c45)c87)c(C)c2)ccc1C#N. The molecule has 0 aliphatic carbocycles. The first-order valence-corrected chi connectivity index (χ1v) is 21.1. The molecule has 280 valence electrons. The molecule has 60 heavy (non-hydrogen) atoms. The number of fused-ring (bicyclic) bond motifs is 8. The molecule has 0 aromatic heterocycles. The van der Waals surface area contributed by atoms with Gasteiger partial charge in [-0.15, -0.1) is 0 Å². The molecule has 0 fully saturated rings. The van der Waals surface area contributed by atoms with Gasteiger partial charge in [-0.3, -0.25) is 0 Å².